The van der Waals surface area contributed by atoms with Crippen molar-refractivity contribution in [3.63, 3.8) is 0 Å². The van der Waals surface area contributed by atoms with Crippen LogP contribution in [0.5, 0.6) is 0 Å². The Bertz CT molecular complexity index is 986. The second-order valence-corrected chi connectivity index (χ2v) is 10.1. The third-order valence-electron chi connectivity index (χ3n) is 5.15. The zero-order valence-electron chi connectivity index (χ0n) is 16.6. The standard InChI is InChI=1S/C20H23Cl2N3O5S/c21-17-4-3-16(19(22)10-17)12-30-18-5-8-24(9-6-18)31(28,29)13-20(25(27)14-26)15-2-1-7-23-11-15/h1-4,7,10-11,14,18,20,27H,5-6,8-9,12-13H2. The minimum absolute atomic E-state index is 0.100. The van der Waals surface area contributed by atoms with Gasteiger partial charge in [-0.2, -0.15) is 0 Å². The molecule has 31 heavy (non-hydrogen) atoms. The number of rotatable bonds is 9. The van der Waals surface area contributed by atoms with Crippen LogP contribution in [0.1, 0.15) is 30.0 Å². The lowest BCUT2D eigenvalue weighted by molar-refractivity contribution is -0.159. The maximum absolute atomic E-state index is 12.9. The number of carbonyl (C=O) groups is 1. The van der Waals surface area contributed by atoms with Crippen molar-refractivity contribution in [3.05, 3.63) is 63.9 Å². The lowest BCUT2D eigenvalue weighted by atomic mass is 10.1. The summed E-state index contributed by atoms with van der Waals surface area (Å²) in [6.45, 7) is 0.885. The quantitative estimate of drug-likeness (QED) is 0.330. The maximum Gasteiger partial charge on any atom is 0.233 e. The minimum Gasteiger partial charge on any atom is -0.373 e. The van der Waals surface area contributed by atoms with Crippen LogP contribution >= 0.6 is 23.2 Å². The first-order valence-corrected chi connectivity index (χ1v) is 12.0. The van der Waals surface area contributed by atoms with E-state index in [9.17, 15) is 18.4 Å². The van der Waals surface area contributed by atoms with Gasteiger partial charge in [-0.15, -0.1) is 0 Å². The molecule has 1 aromatic heterocycles. The van der Waals surface area contributed by atoms with Gasteiger partial charge in [0.15, 0.2) is 0 Å². The van der Waals surface area contributed by atoms with Gasteiger partial charge in [0.05, 0.1) is 18.5 Å². The second-order valence-electron chi connectivity index (χ2n) is 7.21. The maximum atomic E-state index is 12.9. The summed E-state index contributed by atoms with van der Waals surface area (Å²) in [4.78, 5) is 15.0. The fourth-order valence-corrected chi connectivity index (χ4v) is 5.59. The summed E-state index contributed by atoms with van der Waals surface area (Å²) in [6.07, 6.45) is 4.09. The summed E-state index contributed by atoms with van der Waals surface area (Å²) in [7, 11) is -3.73. The van der Waals surface area contributed by atoms with E-state index in [0.29, 0.717) is 40.1 Å². The highest BCUT2D eigenvalue weighted by atomic mass is 35.5. The highest BCUT2D eigenvalue weighted by Gasteiger charge is 2.33. The number of halogens is 2. The number of pyridine rings is 1. The lowest BCUT2D eigenvalue weighted by Crippen LogP contribution is -2.44. The molecule has 1 fully saturated rings. The van der Waals surface area contributed by atoms with Crippen LogP contribution in [0.25, 0.3) is 0 Å². The summed E-state index contributed by atoms with van der Waals surface area (Å²) in [5.74, 6) is -0.445. The molecule has 0 bridgehead atoms. The molecule has 168 valence electrons. The van der Waals surface area contributed by atoms with Crippen LogP contribution in [-0.2, 0) is 26.2 Å². The largest absolute Gasteiger partial charge is 0.373 e. The monoisotopic (exact) mass is 487 g/mol. The smallest absolute Gasteiger partial charge is 0.233 e. The number of amides is 1. The van der Waals surface area contributed by atoms with E-state index in [2.05, 4.69) is 4.98 Å². The average Bonchev–Trinajstić information content (AvgIpc) is 2.77. The summed E-state index contributed by atoms with van der Waals surface area (Å²) >= 11 is 12.1. The van der Waals surface area contributed by atoms with E-state index in [-0.39, 0.29) is 25.6 Å². The van der Waals surface area contributed by atoms with Crippen LogP contribution in [0.2, 0.25) is 10.0 Å². The fourth-order valence-electron chi connectivity index (χ4n) is 3.40. The number of sulfonamides is 1. The molecule has 0 saturated carbocycles. The Morgan fingerprint density at radius 2 is 2.03 bits per heavy atom. The van der Waals surface area contributed by atoms with Crippen molar-refractivity contribution in [2.75, 3.05) is 18.8 Å². The third kappa shape index (κ3) is 6.38. The van der Waals surface area contributed by atoms with Gasteiger partial charge in [-0.05, 0) is 42.2 Å². The van der Waals surface area contributed by atoms with Crippen molar-refractivity contribution in [1.29, 1.82) is 0 Å². The Hall–Kier alpha value is -1.75. The zero-order chi connectivity index (χ0) is 22.4. The van der Waals surface area contributed by atoms with Gasteiger partial charge in [-0.25, -0.2) is 17.8 Å². The predicted octanol–water partition coefficient (Wildman–Crippen LogP) is 3.29. The number of hydroxylamine groups is 2. The zero-order valence-corrected chi connectivity index (χ0v) is 18.9. The van der Waals surface area contributed by atoms with E-state index in [4.69, 9.17) is 27.9 Å². The number of hydrogen-bond acceptors (Lipinski definition) is 6. The number of benzene rings is 1. The van der Waals surface area contributed by atoms with Crippen molar-refractivity contribution in [3.8, 4) is 0 Å². The molecule has 8 nitrogen and oxygen atoms in total. The van der Waals surface area contributed by atoms with Gasteiger partial charge in [0, 0.05) is 35.5 Å². The van der Waals surface area contributed by atoms with Crippen LogP contribution < -0.4 is 0 Å². The van der Waals surface area contributed by atoms with Gasteiger partial charge in [-0.1, -0.05) is 35.3 Å². The van der Waals surface area contributed by atoms with Gasteiger partial charge in [0.2, 0.25) is 16.4 Å². The van der Waals surface area contributed by atoms with E-state index < -0.39 is 21.8 Å². The highest BCUT2D eigenvalue weighted by Crippen LogP contribution is 2.26. The Morgan fingerprint density at radius 3 is 2.65 bits per heavy atom. The number of piperidine rings is 1. The molecular formula is C20H23Cl2N3O5S. The molecule has 1 atom stereocenters. The van der Waals surface area contributed by atoms with Crippen LogP contribution in [0.3, 0.4) is 0 Å². The van der Waals surface area contributed by atoms with Gasteiger partial charge in [-0.3, -0.25) is 15.0 Å². The topological polar surface area (TPSA) is 100 Å². The summed E-state index contributed by atoms with van der Waals surface area (Å²) in [6, 6.07) is 7.38. The number of aromatic nitrogens is 1. The van der Waals surface area contributed by atoms with Crippen molar-refractivity contribution in [2.24, 2.45) is 0 Å². The van der Waals surface area contributed by atoms with Crippen molar-refractivity contribution in [1.82, 2.24) is 14.4 Å². The molecule has 11 heteroatoms. The molecule has 3 rings (SSSR count). The van der Waals surface area contributed by atoms with Crippen molar-refractivity contribution >= 4 is 39.6 Å². The van der Waals surface area contributed by atoms with Gasteiger partial charge < -0.3 is 4.74 Å². The number of nitrogens with zero attached hydrogens (tertiary/aromatic N) is 3. The lowest BCUT2D eigenvalue weighted by Gasteiger charge is -2.33. The first kappa shape index (κ1) is 23.9. The molecule has 0 radical (unpaired) electrons. The first-order valence-electron chi connectivity index (χ1n) is 9.66. The summed E-state index contributed by atoms with van der Waals surface area (Å²) in [5, 5.41) is 11.3. The Morgan fingerprint density at radius 1 is 1.29 bits per heavy atom. The number of ether oxygens (including phenoxy) is 1. The molecule has 1 N–H and O–H groups in total. The molecule has 2 heterocycles. The fraction of sp³-hybridized carbons (Fsp3) is 0.400. The summed E-state index contributed by atoms with van der Waals surface area (Å²) in [5.41, 5.74) is 1.25. The van der Waals surface area contributed by atoms with Crippen LogP contribution in [-0.4, -0.2) is 59.3 Å². The molecule has 1 saturated heterocycles. The number of carbonyl (C=O) groups excluding carboxylic acids is 1. The van der Waals surface area contributed by atoms with E-state index in [1.165, 1.54) is 16.7 Å². The van der Waals surface area contributed by atoms with Crippen LogP contribution in [0.4, 0.5) is 0 Å². The van der Waals surface area contributed by atoms with E-state index in [0.717, 1.165) is 5.56 Å². The van der Waals surface area contributed by atoms with Gasteiger partial charge in [0.25, 0.3) is 0 Å². The molecule has 0 spiro atoms. The second kappa shape index (κ2) is 10.7. The van der Waals surface area contributed by atoms with Gasteiger partial charge in [0.1, 0.15) is 6.04 Å². The van der Waals surface area contributed by atoms with Gasteiger partial charge >= 0.3 is 0 Å². The Balaban J connectivity index is 1.57. The Labute approximate surface area is 191 Å². The number of hydrogen-bond donors (Lipinski definition) is 1. The average molecular weight is 488 g/mol. The SMILES string of the molecule is O=CN(O)C(CS(=O)(=O)N1CCC(OCc2ccc(Cl)cc2Cl)CC1)c1cccnc1. The molecule has 0 aliphatic carbocycles. The predicted molar refractivity (Wildman–Crippen MR) is 116 cm³/mol. The molecule has 1 amide bonds. The Kier molecular flexibility index (Phi) is 8.26. The molecule has 1 aromatic carbocycles. The first-order chi connectivity index (χ1) is 14.8. The molecule has 1 unspecified atom stereocenters. The van der Waals surface area contributed by atoms with E-state index >= 15 is 0 Å². The molecular weight excluding hydrogens is 465 g/mol. The van der Waals surface area contributed by atoms with Crippen molar-refractivity contribution < 1.29 is 23.2 Å². The van der Waals surface area contributed by atoms with Crippen LogP contribution in [0.15, 0.2) is 42.7 Å². The third-order valence-corrected chi connectivity index (χ3v) is 7.62. The van der Waals surface area contributed by atoms with Crippen molar-refractivity contribution in [2.45, 2.75) is 31.6 Å². The minimum atomic E-state index is -3.73. The summed E-state index contributed by atoms with van der Waals surface area (Å²) < 4.78 is 33.1. The van der Waals surface area contributed by atoms with Crippen LogP contribution in [0, 0.1) is 0 Å². The van der Waals surface area contributed by atoms with E-state index in [1.54, 1.807) is 30.3 Å². The molecule has 1 aliphatic rings. The normalized spacial score (nSPS) is 16.7. The molecule has 1 aliphatic heterocycles. The molecule has 2 aromatic rings. The van der Waals surface area contributed by atoms with E-state index in [1.807, 2.05) is 0 Å². The highest BCUT2D eigenvalue weighted by molar-refractivity contribution is 7.89.